The molecule has 0 radical (unpaired) electrons. The monoisotopic (exact) mass is 334 g/mol. The predicted octanol–water partition coefficient (Wildman–Crippen LogP) is 2.71. The third kappa shape index (κ3) is 4.82. The Morgan fingerprint density at radius 2 is 1.68 bits per heavy atom. The van der Waals surface area contributed by atoms with Gasteiger partial charge in [-0.05, 0) is 36.4 Å². The lowest BCUT2D eigenvalue weighted by atomic mass is 10.2. The molecule has 3 rings (SSSR count). The Bertz CT molecular complexity index is 729. The van der Waals surface area contributed by atoms with Crippen molar-refractivity contribution < 1.29 is 4.79 Å². The van der Waals surface area contributed by atoms with Gasteiger partial charge in [-0.2, -0.15) is 5.26 Å². The van der Waals surface area contributed by atoms with E-state index in [0.717, 1.165) is 38.4 Å². The molecule has 1 heterocycles. The molecule has 1 aliphatic heterocycles. The van der Waals surface area contributed by atoms with E-state index >= 15 is 0 Å². The maximum atomic E-state index is 12.1. The number of hydrogen-bond acceptors (Lipinski definition) is 4. The van der Waals surface area contributed by atoms with Gasteiger partial charge < -0.3 is 10.2 Å². The zero-order valence-electron chi connectivity index (χ0n) is 14.2. The highest BCUT2D eigenvalue weighted by atomic mass is 16.1. The molecule has 0 unspecified atom stereocenters. The fourth-order valence-electron chi connectivity index (χ4n) is 2.98. The van der Waals surface area contributed by atoms with E-state index in [4.69, 9.17) is 5.26 Å². The van der Waals surface area contributed by atoms with Crippen LogP contribution in [0.5, 0.6) is 0 Å². The van der Waals surface area contributed by atoms with Crippen LogP contribution < -0.4 is 10.2 Å². The number of rotatable bonds is 5. The molecule has 2 aromatic rings. The lowest BCUT2D eigenvalue weighted by Gasteiger charge is -2.36. The zero-order chi connectivity index (χ0) is 17.5. The quantitative estimate of drug-likeness (QED) is 0.913. The number of nitrogens with zero attached hydrogens (tertiary/aromatic N) is 3. The summed E-state index contributed by atoms with van der Waals surface area (Å²) in [5.41, 5.74) is 2.59. The van der Waals surface area contributed by atoms with Crippen LogP contribution in [0, 0.1) is 11.3 Å². The summed E-state index contributed by atoms with van der Waals surface area (Å²) in [7, 11) is 0. The van der Waals surface area contributed by atoms with E-state index < -0.39 is 0 Å². The van der Waals surface area contributed by atoms with E-state index in [1.165, 1.54) is 5.69 Å². The Kier molecular flexibility index (Phi) is 5.65. The van der Waals surface area contributed by atoms with E-state index in [0.29, 0.717) is 12.0 Å². The van der Waals surface area contributed by atoms with Gasteiger partial charge in [0.25, 0.3) is 0 Å². The van der Waals surface area contributed by atoms with E-state index in [1.54, 1.807) is 24.3 Å². The van der Waals surface area contributed by atoms with Gasteiger partial charge >= 0.3 is 0 Å². The minimum atomic E-state index is 0.00944. The first-order chi connectivity index (χ1) is 12.2. The van der Waals surface area contributed by atoms with Crippen LogP contribution in [0.4, 0.5) is 11.4 Å². The van der Waals surface area contributed by atoms with Gasteiger partial charge in [-0.25, -0.2) is 0 Å². The molecule has 0 bridgehead atoms. The average molecular weight is 334 g/mol. The second-order valence-corrected chi connectivity index (χ2v) is 6.15. The summed E-state index contributed by atoms with van der Waals surface area (Å²) in [4.78, 5) is 16.8. The normalized spacial score (nSPS) is 14.8. The third-order valence-electron chi connectivity index (χ3n) is 4.45. The van der Waals surface area contributed by atoms with Crippen molar-refractivity contribution in [1.29, 1.82) is 5.26 Å². The molecule has 0 aliphatic carbocycles. The number of piperazine rings is 1. The molecule has 1 saturated heterocycles. The summed E-state index contributed by atoms with van der Waals surface area (Å²) in [6.07, 6.45) is 0.478. The number of carbonyl (C=O) groups excluding carboxylic acids is 1. The largest absolute Gasteiger partial charge is 0.369 e. The van der Waals surface area contributed by atoms with Crippen molar-refractivity contribution in [3.63, 3.8) is 0 Å². The van der Waals surface area contributed by atoms with Gasteiger partial charge in [-0.15, -0.1) is 0 Å². The third-order valence-corrected chi connectivity index (χ3v) is 4.45. The highest BCUT2D eigenvalue weighted by Crippen LogP contribution is 2.15. The van der Waals surface area contributed by atoms with Crippen LogP contribution in [-0.2, 0) is 4.79 Å². The predicted molar refractivity (Wildman–Crippen MR) is 99.5 cm³/mol. The SMILES string of the molecule is N#Cc1ccc(NC(=O)CCN2CCN(c3ccccc3)CC2)cc1. The van der Waals surface area contributed by atoms with Crippen molar-refractivity contribution in [2.45, 2.75) is 6.42 Å². The molecule has 128 valence electrons. The molecule has 25 heavy (non-hydrogen) atoms. The van der Waals surface area contributed by atoms with Crippen LogP contribution in [0.25, 0.3) is 0 Å². The number of anilines is 2. The summed E-state index contributed by atoms with van der Waals surface area (Å²) >= 11 is 0. The van der Waals surface area contributed by atoms with Gasteiger partial charge in [0, 0.05) is 50.5 Å². The maximum Gasteiger partial charge on any atom is 0.225 e. The summed E-state index contributed by atoms with van der Waals surface area (Å²) in [6, 6.07) is 19.4. The van der Waals surface area contributed by atoms with Crippen molar-refractivity contribution in [3.8, 4) is 6.07 Å². The number of amides is 1. The fourth-order valence-corrected chi connectivity index (χ4v) is 2.98. The molecule has 1 aliphatic rings. The average Bonchev–Trinajstić information content (AvgIpc) is 2.68. The van der Waals surface area contributed by atoms with E-state index in [2.05, 4.69) is 45.5 Å². The standard InChI is InChI=1S/C20H22N4O/c21-16-17-6-8-18(9-7-17)22-20(25)10-11-23-12-14-24(15-13-23)19-4-2-1-3-5-19/h1-9H,10-15H2,(H,22,25). The second-order valence-electron chi connectivity index (χ2n) is 6.15. The van der Waals surface area contributed by atoms with Crippen LogP contribution in [0.15, 0.2) is 54.6 Å². The van der Waals surface area contributed by atoms with Gasteiger partial charge in [-0.1, -0.05) is 18.2 Å². The molecule has 0 spiro atoms. The molecule has 5 heteroatoms. The lowest BCUT2D eigenvalue weighted by molar-refractivity contribution is -0.116. The van der Waals surface area contributed by atoms with Crippen molar-refractivity contribution >= 4 is 17.3 Å². The van der Waals surface area contributed by atoms with Crippen molar-refractivity contribution in [1.82, 2.24) is 4.90 Å². The van der Waals surface area contributed by atoms with Gasteiger partial charge in [0.2, 0.25) is 5.91 Å². The number of nitriles is 1. The van der Waals surface area contributed by atoms with Gasteiger partial charge in [-0.3, -0.25) is 9.69 Å². The molecular formula is C20H22N4O. The first-order valence-corrected chi connectivity index (χ1v) is 8.57. The van der Waals surface area contributed by atoms with E-state index in [-0.39, 0.29) is 5.91 Å². The smallest absolute Gasteiger partial charge is 0.225 e. The Hall–Kier alpha value is -2.84. The minimum absolute atomic E-state index is 0.00944. The van der Waals surface area contributed by atoms with Crippen LogP contribution in [-0.4, -0.2) is 43.5 Å². The number of para-hydroxylation sites is 1. The Balaban J connectivity index is 1.40. The van der Waals surface area contributed by atoms with Crippen molar-refractivity contribution in [2.24, 2.45) is 0 Å². The van der Waals surface area contributed by atoms with Gasteiger partial charge in [0.05, 0.1) is 11.6 Å². The van der Waals surface area contributed by atoms with Crippen LogP contribution in [0.2, 0.25) is 0 Å². The molecule has 2 aromatic carbocycles. The van der Waals surface area contributed by atoms with Crippen molar-refractivity contribution in [3.05, 3.63) is 60.2 Å². The molecule has 5 nitrogen and oxygen atoms in total. The first-order valence-electron chi connectivity index (χ1n) is 8.57. The highest BCUT2D eigenvalue weighted by Gasteiger charge is 2.17. The van der Waals surface area contributed by atoms with Gasteiger partial charge in [0.15, 0.2) is 0 Å². The zero-order valence-corrected chi connectivity index (χ0v) is 14.2. The van der Waals surface area contributed by atoms with E-state index in [1.807, 2.05) is 6.07 Å². The number of nitrogens with one attached hydrogen (secondary N) is 1. The molecule has 0 aromatic heterocycles. The minimum Gasteiger partial charge on any atom is -0.369 e. The summed E-state index contributed by atoms with van der Waals surface area (Å²) in [5.74, 6) is 0.00944. The van der Waals surface area contributed by atoms with Crippen LogP contribution in [0.3, 0.4) is 0 Å². The molecule has 0 saturated carbocycles. The Morgan fingerprint density at radius 3 is 2.32 bits per heavy atom. The highest BCUT2D eigenvalue weighted by molar-refractivity contribution is 5.90. The summed E-state index contributed by atoms with van der Waals surface area (Å²) in [6.45, 7) is 4.69. The Labute approximate surface area is 148 Å². The number of benzene rings is 2. The molecule has 1 amide bonds. The molecular weight excluding hydrogens is 312 g/mol. The van der Waals surface area contributed by atoms with Crippen LogP contribution >= 0.6 is 0 Å². The fraction of sp³-hybridized carbons (Fsp3) is 0.300. The van der Waals surface area contributed by atoms with Gasteiger partial charge in [0.1, 0.15) is 0 Å². The Morgan fingerprint density at radius 1 is 1.00 bits per heavy atom. The molecule has 1 fully saturated rings. The second kappa shape index (κ2) is 8.32. The lowest BCUT2D eigenvalue weighted by Crippen LogP contribution is -2.47. The molecule has 1 N–H and O–H groups in total. The summed E-state index contributed by atoms with van der Waals surface area (Å²) < 4.78 is 0. The van der Waals surface area contributed by atoms with Crippen LogP contribution in [0.1, 0.15) is 12.0 Å². The molecule has 0 atom stereocenters. The van der Waals surface area contributed by atoms with E-state index in [9.17, 15) is 4.79 Å². The first kappa shape index (κ1) is 17.0. The number of carbonyl (C=O) groups is 1. The topological polar surface area (TPSA) is 59.4 Å². The maximum absolute atomic E-state index is 12.1. The number of hydrogen-bond donors (Lipinski definition) is 1. The summed E-state index contributed by atoms with van der Waals surface area (Å²) in [5, 5.41) is 11.7. The van der Waals surface area contributed by atoms with Crippen molar-refractivity contribution in [2.75, 3.05) is 42.9 Å².